The number of anilines is 1. The van der Waals surface area contributed by atoms with Gasteiger partial charge in [0.25, 0.3) is 5.91 Å². The molecule has 2 aromatic carbocycles. The largest absolute Gasteiger partial charge is 0.496 e. The fraction of sp³-hybridized carbons (Fsp3) is 0.278. The van der Waals surface area contributed by atoms with Gasteiger partial charge < -0.3 is 10.1 Å². The lowest BCUT2D eigenvalue weighted by molar-refractivity contribution is 0.102. The number of carbonyl (C=O) groups excluding carboxylic acids is 1. The van der Waals surface area contributed by atoms with Gasteiger partial charge in [-0.2, -0.15) is 4.31 Å². The Hall–Kier alpha value is -2.45. The van der Waals surface area contributed by atoms with Crippen LogP contribution in [0.25, 0.3) is 0 Å². The highest BCUT2D eigenvalue weighted by Gasteiger charge is 2.24. The lowest BCUT2D eigenvalue weighted by Gasteiger charge is -2.19. The summed E-state index contributed by atoms with van der Waals surface area (Å²) in [6.45, 7) is 4.13. The minimum atomic E-state index is -3.71. The molecule has 0 aromatic heterocycles. The van der Waals surface area contributed by atoms with Gasteiger partial charge in [-0.05, 0) is 42.5 Å². The van der Waals surface area contributed by atoms with Crippen LogP contribution in [0.15, 0.2) is 47.4 Å². The number of amides is 1. The van der Waals surface area contributed by atoms with Crippen molar-refractivity contribution in [2.45, 2.75) is 18.7 Å². The molecule has 0 heterocycles. The number of hydrogen-bond donors (Lipinski definition) is 1. The van der Waals surface area contributed by atoms with Gasteiger partial charge in [0.2, 0.25) is 10.0 Å². The topological polar surface area (TPSA) is 75.7 Å². The molecule has 1 N–H and O–H groups in total. The van der Waals surface area contributed by atoms with Crippen molar-refractivity contribution in [3.05, 3.63) is 53.8 Å². The van der Waals surface area contributed by atoms with E-state index >= 15 is 0 Å². The monoisotopic (exact) mass is 380 g/mol. The number of methoxy groups -OCH3 is 1. The van der Waals surface area contributed by atoms with Crippen LogP contribution < -0.4 is 10.1 Å². The van der Waals surface area contributed by atoms with E-state index in [1.807, 2.05) is 0 Å². The van der Waals surface area contributed by atoms with E-state index in [0.717, 1.165) is 0 Å². The van der Waals surface area contributed by atoms with Gasteiger partial charge >= 0.3 is 0 Å². The van der Waals surface area contributed by atoms with Gasteiger partial charge in [-0.15, -0.1) is 0 Å². The van der Waals surface area contributed by atoms with E-state index in [9.17, 15) is 17.6 Å². The summed E-state index contributed by atoms with van der Waals surface area (Å²) in [6, 6.07) is 9.39. The molecule has 0 aliphatic rings. The quantitative estimate of drug-likeness (QED) is 0.801. The first-order valence-electron chi connectivity index (χ1n) is 8.08. The summed E-state index contributed by atoms with van der Waals surface area (Å²) < 4.78 is 44.8. The summed E-state index contributed by atoms with van der Waals surface area (Å²) in [4.78, 5) is 12.6. The highest BCUT2D eigenvalue weighted by atomic mass is 32.2. The Morgan fingerprint density at radius 2 is 1.73 bits per heavy atom. The molecule has 6 nitrogen and oxygen atoms in total. The minimum Gasteiger partial charge on any atom is -0.496 e. The molecule has 8 heteroatoms. The number of halogens is 1. The molecule has 140 valence electrons. The smallest absolute Gasteiger partial charge is 0.259 e. The van der Waals surface area contributed by atoms with Gasteiger partial charge in [0.1, 0.15) is 11.6 Å². The predicted molar refractivity (Wildman–Crippen MR) is 97.5 cm³/mol. The zero-order chi connectivity index (χ0) is 19.3. The Bertz CT molecular complexity index is 879. The van der Waals surface area contributed by atoms with Crippen LogP contribution in [0.4, 0.5) is 10.1 Å². The van der Waals surface area contributed by atoms with Crippen LogP contribution in [0.1, 0.15) is 24.2 Å². The Kier molecular flexibility index (Phi) is 6.33. The molecule has 0 aliphatic heterocycles. The van der Waals surface area contributed by atoms with E-state index in [0.29, 0.717) is 18.8 Å². The van der Waals surface area contributed by atoms with E-state index in [-0.39, 0.29) is 16.2 Å². The number of nitrogens with one attached hydrogen (secondary N) is 1. The van der Waals surface area contributed by atoms with Gasteiger partial charge in [-0.25, -0.2) is 12.8 Å². The molecule has 0 unspecified atom stereocenters. The van der Waals surface area contributed by atoms with Crippen molar-refractivity contribution in [3.63, 3.8) is 0 Å². The Morgan fingerprint density at radius 1 is 1.12 bits per heavy atom. The number of ether oxygens (including phenoxy) is 1. The zero-order valence-electron chi connectivity index (χ0n) is 14.8. The Morgan fingerprint density at radius 3 is 2.27 bits per heavy atom. The van der Waals surface area contributed by atoms with E-state index in [4.69, 9.17) is 4.74 Å². The third kappa shape index (κ3) is 4.20. The van der Waals surface area contributed by atoms with Crippen molar-refractivity contribution in [1.29, 1.82) is 0 Å². The normalized spacial score (nSPS) is 11.4. The fourth-order valence-electron chi connectivity index (χ4n) is 2.47. The molecular weight excluding hydrogens is 359 g/mol. The molecule has 0 bridgehead atoms. The molecule has 0 radical (unpaired) electrons. The van der Waals surface area contributed by atoms with E-state index < -0.39 is 21.7 Å². The first kappa shape index (κ1) is 19.9. The van der Waals surface area contributed by atoms with Gasteiger partial charge in [-0.1, -0.05) is 13.8 Å². The number of nitrogens with zero attached hydrogens (tertiary/aromatic N) is 1. The summed E-state index contributed by atoms with van der Waals surface area (Å²) in [6.07, 6.45) is 0. The van der Waals surface area contributed by atoms with Crippen molar-refractivity contribution >= 4 is 21.6 Å². The highest BCUT2D eigenvalue weighted by molar-refractivity contribution is 7.89. The van der Waals surface area contributed by atoms with Crippen molar-refractivity contribution in [2.75, 3.05) is 25.5 Å². The standard InChI is InChI=1S/C18H21FN2O4S/c1-4-21(5-2)26(23,24)15-10-11-17(25-3)16(12-15)18(22)20-14-8-6-13(19)7-9-14/h6-12H,4-5H2,1-3H3,(H,20,22). The second-order valence-corrected chi connectivity index (χ2v) is 7.35. The molecule has 0 aliphatic carbocycles. The summed E-state index contributed by atoms with van der Waals surface area (Å²) in [5, 5.41) is 2.60. The molecule has 0 fully saturated rings. The Labute approximate surface area is 152 Å². The molecule has 0 atom stereocenters. The van der Waals surface area contributed by atoms with Crippen LogP contribution in [0.3, 0.4) is 0 Å². The SMILES string of the molecule is CCN(CC)S(=O)(=O)c1ccc(OC)c(C(=O)Nc2ccc(F)cc2)c1. The molecule has 2 rings (SSSR count). The first-order chi connectivity index (χ1) is 12.3. The summed E-state index contributed by atoms with van der Waals surface area (Å²) in [5.74, 6) is -0.735. The van der Waals surface area contributed by atoms with Crippen LogP contribution in [0.2, 0.25) is 0 Å². The molecule has 26 heavy (non-hydrogen) atoms. The van der Waals surface area contributed by atoms with Gasteiger partial charge in [0.15, 0.2) is 0 Å². The fourth-order valence-corrected chi connectivity index (χ4v) is 3.95. The first-order valence-corrected chi connectivity index (χ1v) is 9.52. The molecule has 1 amide bonds. The summed E-state index contributed by atoms with van der Waals surface area (Å²) >= 11 is 0. The lowest BCUT2D eigenvalue weighted by atomic mass is 10.2. The second-order valence-electron chi connectivity index (χ2n) is 5.41. The number of benzene rings is 2. The number of rotatable bonds is 7. The zero-order valence-corrected chi connectivity index (χ0v) is 15.6. The van der Waals surface area contributed by atoms with Crippen molar-refractivity contribution < 1.29 is 22.3 Å². The molecule has 2 aromatic rings. The maximum absolute atomic E-state index is 13.0. The van der Waals surface area contributed by atoms with Crippen molar-refractivity contribution in [3.8, 4) is 5.75 Å². The number of hydrogen-bond acceptors (Lipinski definition) is 4. The predicted octanol–water partition coefficient (Wildman–Crippen LogP) is 3.12. The van der Waals surface area contributed by atoms with E-state index in [1.54, 1.807) is 13.8 Å². The Balaban J connectivity index is 2.40. The van der Waals surface area contributed by atoms with Gasteiger partial charge in [0, 0.05) is 18.8 Å². The van der Waals surface area contributed by atoms with Crippen LogP contribution >= 0.6 is 0 Å². The van der Waals surface area contributed by atoms with Crippen LogP contribution in [-0.2, 0) is 10.0 Å². The third-order valence-corrected chi connectivity index (χ3v) is 5.91. The third-order valence-electron chi connectivity index (χ3n) is 3.86. The van der Waals surface area contributed by atoms with Crippen molar-refractivity contribution in [1.82, 2.24) is 4.31 Å². The average Bonchev–Trinajstić information content (AvgIpc) is 2.63. The summed E-state index contributed by atoms with van der Waals surface area (Å²) in [5.41, 5.74) is 0.459. The van der Waals surface area contributed by atoms with Crippen LogP contribution in [0, 0.1) is 5.82 Å². The van der Waals surface area contributed by atoms with Crippen LogP contribution in [0.5, 0.6) is 5.75 Å². The second kappa shape index (κ2) is 8.29. The summed E-state index contributed by atoms with van der Waals surface area (Å²) in [7, 11) is -2.32. The molecular formula is C18H21FN2O4S. The van der Waals surface area contributed by atoms with E-state index in [1.165, 1.54) is 53.9 Å². The maximum Gasteiger partial charge on any atom is 0.259 e. The number of carbonyl (C=O) groups is 1. The maximum atomic E-state index is 13.0. The number of sulfonamides is 1. The highest BCUT2D eigenvalue weighted by Crippen LogP contribution is 2.25. The average molecular weight is 380 g/mol. The minimum absolute atomic E-state index is 0.00579. The lowest BCUT2D eigenvalue weighted by Crippen LogP contribution is -2.30. The van der Waals surface area contributed by atoms with Crippen LogP contribution in [-0.4, -0.2) is 38.8 Å². The molecule has 0 saturated carbocycles. The van der Waals surface area contributed by atoms with Gasteiger partial charge in [-0.3, -0.25) is 4.79 Å². The van der Waals surface area contributed by atoms with Crippen molar-refractivity contribution in [2.24, 2.45) is 0 Å². The molecule has 0 spiro atoms. The van der Waals surface area contributed by atoms with E-state index in [2.05, 4.69) is 5.32 Å². The molecule has 0 saturated heterocycles. The van der Waals surface area contributed by atoms with Gasteiger partial charge in [0.05, 0.1) is 17.6 Å².